The molecule has 3 N–H and O–H groups in total. The highest BCUT2D eigenvalue weighted by atomic mass is 127. The second-order valence-corrected chi connectivity index (χ2v) is 8.02. The molecule has 154 valence electrons. The van der Waals surface area contributed by atoms with Crippen molar-refractivity contribution < 1.29 is 9.84 Å². The smallest absolute Gasteiger partial charge is 0.191 e. The Bertz CT molecular complexity index is 552. The number of hydrogen-bond donors (Lipinski definition) is 3. The number of halogens is 1. The molecule has 0 aromatic carbocycles. The Balaban J connectivity index is 0.00000261. The monoisotopic (exact) mass is 508 g/mol. The third-order valence-corrected chi connectivity index (χ3v) is 6.25. The number of aliphatic hydroxyl groups excluding tert-OH is 1. The summed E-state index contributed by atoms with van der Waals surface area (Å²) in [5.41, 5.74) is 0. The van der Waals surface area contributed by atoms with Gasteiger partial charge in [-0.15, -0.1) is 35.3 Å². The molecule has 1 saturated heterocycles. The van der Waals surface area contributed by atoms with E-state index in [1.165, 1.54) is 4.88 Å². The highest BCUT2D eigenvalue weighted by molar-refractivity contribution is 14.0. The lowest BCUT2D eigenvalue weighted by Gasteiger charge is -2.33. The molecule has 6 nitrogen and oxygen atoms in total. The molecule has 0 bridgehead atoms. The summed E-state index contributed by atoms with van der Waals surface area (Å²) < 4.78 is 5.51. The third-order valence-electron chi connectivity index (χ3n) is 5.28. The molecule has 2 fully saturated rings. The molecule has 1 aromatic rings. The number of nitrogens with one attached hydrogen (secondary N) is 2. The largest absolute Gasteiger partial charge is 0.393 e. The Kier molecular flexibility index (Phi) is 10.3. The fourth-order valence-corrected chi connectivity index (χ4v) is 4.61. The summed E-state index contributed by atoms with van der Waals surface area (Å²) >= 11 is 1.80. The minimum absolute atomic E-state index is 0. The van der Waals surface area contributed by atoms with E-state index in [0.29, 0.717) is 12.0 Å². The predicted octanol–water partition coefficient (Wildman–Crippen LogP) is 2.46. The molecule has 27 heavy (non-hydrogen) atoms. The van der Waals surface area contributed by atoms with Gasteiger partial charge in [0, 0.05) is 37.0 Å². The first-order valence-corrected chi connectivity index (χ1v) is 10.7. The van der Waals surface area contributed by atoms with Crippen molar-refractivity contribution in [2.75, 3.05) is 45.9 Å². The van der Waals surface area contributed by atoms with E-state index in [1.54, 1.807) is 11.3 Å². The van der Waals surface area contributed by atoms with Gasteiger partial charge in [0.1, 0.15) is 0 Å². The van der Waals surface area contributed by atoms with E-state index in [0.717, 1.165) is 71.2 Å². The van der Waals surface area contributed by atoms with Crippen LogP contribution in [0.3, 0.4) is 0 Å². The lowest BCUT2D eigenvalue weighted by molar-refractivity contribution is 0.0186. The highest BCUT2D eigenvalue weighted by Gasteiger charge is 2.26. The fourth-order valence-electron chi connectivity index (χ4n) is 3.76. The lowest BCUT2D eigenvalue weighted by atomic mass is 10.1. The summed E-state index contributed by atoms with van der Waals surface area (Å²) in [5, 5.41) is 18.9. The number of thiophene rings is 1. The van der Waals surface area contributed by atoms with Crippen LogP contribution in [0.5, 0.6) is 0 Å². The number of rotatable bonds is 7. The van der Waals surface area contributed by atoms with Gasteiger partial charge in [-0.2, -0.15) is 0 Å². The molecule has 2 aliphatic rings. The molecule has 3 atom stereocenters. The van der Waals surface area contributed by atoms with Crippen LogP contribution in [-0.2, 0) is 4.74 Å². The van der Waals surface area contributed by atoms with Crippen LogP contribution in [-0.4, -0.2) is 68.0 Å². The SMILES string of the molecule is CCNC(=NCC(c1cccs1)N1CCOCC1)NCC1CCCC1O.I. The van der Waals surface area contributed by atoms with Crippen molar-refractivity contribution in [3.63, 3.8) is 0 Å². The Hall–Kier alpha value is -0.420. The van der Waals surface area contributed by atoms with Gasteiger partial charge in [0.25, 0.3) is 0 Å². The zero-order valence-corrected chi connectivity index (χ0v) is 19.2. The van der Waals surface area contributed by atoms with Gasteiger partial charge >= 0.3 is 0 Å². The van der Waals surface area contributed by atoms with Crippen molar-refractivity contribution in [3.8, 4) is 0 Å². The molecule has 0 spiro atoms. The minimum atomic E-state index is -0.169. The van der Waals surface area contributed by atoms with Crippen molar-refractivity contribution >= 4 is 41.3 Å². The summed E-state index contributed by atoms with van der Waals surface area (Å²) in [5.74, 6) is 1.19. The van der Waals surface area contributed by atoms with Gasteiger partial charge in [0.2, 0.25) is 0 Å². The summed E-state index contributed by atoms with van der Waals surface area (Å²) in [6.07, 6.45) is 2.98. The molecular formula is C19H33IN4O2S. The van der Waals surface area contributed by atoms with Gasteiger partial charge in [0.15, 0.2) is 5.96 Å². The van der Waals surface area contributed by atoms with E-state index in [9.17, 15) is 5.11 Å². The van der Waals surface area contributed by atoms with Crippen molar-refractivity contribution in [1.82, 2.24) is 15.5 Å². The van der Waals surface area contributed by atoms with E-state index in [2.05, 4.69) is 40.0 Å². The maximum absolute atomic E-state index is 10.0. The minimum Gasteiger partial charge on any atom is -0.393 e. The van der Waals surface area contributed by atoms with Gasteiger partial charge in [-0.3, -0.25) is 9.89 Å². The van der Waals surface area contributed by atoms with Crippen molar-refractivity contribution in [1.29, 1.82) is 0 Å². The molecular weight excluding hydrogens is 475 g/mol. The maximum atomic E-state index is 10.0. The maximum Gasteiger partial charge on any atom is 0.191 e. The number of aliphatic imine (C=N–C) groups is 1. The van der Waals surface area contributed by atoms with Crippen LogP contribution in [0.4, 0.5) is 0 Å². The topological polar surface area (TPSA) is 69.1 Å². The van der Waals surface area contributed by atoms with Crippen LogP contribution in [0.15, 0.2) is 22.5 Å². The van der Waals surface area contributed by atoms with Gasteiger partial charge in [-0.05, 0) is 31.2 Å². The van der Waals surface area contributed by atoms with E-state index >= 15 is 0 Å². The van der Waals surface area contributed by atoms with Crippen molar-refractivity contribution in [2.24, 2.45) is 10.9 Å². The molecule has 1 aliphatic heterocycles. The first-order chi connectivity index (χ1) is 12.8. The molecule has 8 heteroatoms. The number of aliphatic hydroxyl groups is 1. The first-order valence-electron chi connectivity index (χ1n) is 9.83. The fraction of sp³-hybridized carbons (Fsp3) is 0.737. The van der Waals surface area contributed by atoms with Crippen LogP contribution in [0.2, 0.25) is 0 Å². The van der Waals surface area contributed by atoms with Gasteiger partial charge in [-0.25, -0.2) is 0 Å². The molecule has 2 heterocycles. The summed E-state index contributed by atoms with van der Waals surface area (Å²) in [7, 11) is 0. The van der Waals surface area contributed by atoms with Crippen molar-refractivity contribution in [3.05, 3.63) is 22.4 Å². The molecule has 0 amide bonds. The first kappa shape index (κ1) is 22.9. The molecule has 1 saturated carbocycles. The quantitative estimate of drug-likeness (QED) is 0.300. The zero-order valence-electron chi connectivity index (χ0n) is 16.1. The number of morpholine rings is 1. The Labute approximate surface area is 183 Å². The zero-order chi connectivity index (χ0) is 18.2. The van der Waals surface area contributed by atoms with Gasteiger partial charge < -0.3 is 20.5 Å². The van der Waals surface area contributed by atoms with E-state index in [-0.39, 0.29) is 30.1 Å². The second-order valence-electron chi connectivity index (χ2n) is 7.04. The van der Waals surface area contributed by atoms with E-state index < -0.39 is 0 Å². The average molecular weight is 508 g/mol. The predicted molar refractivity (Wildman–Crippen MR) is 122 cm³/mol. The molecule has 3 rings (SSSR count). The Morgan fingerprint density at radius 2 is 2.19 bits per heavy atom. The molecule has 1 aliphatic carbocycles. The Morgan fingerprint density at radius 1 is 1.37 bits per heavy atom. The van der Waals surface area contributed by atoms with Crippen LogP contribution in [0, 0.1) is 5.92 Å². The third kappa shape index (κ3) is 6.85. The summed E-state index contributed by atoms with van der Waals surface area (Å²) in [6.45, 7) is 7.93. The molecule has 3 unspecified atom stereocenters. The van der Waals surface area contributed by atoms with Crippen LogP contribution in [0.25, 0.3) is 0 Å². The van der Waals surface area contributed by atoms with Gasteiger partial charge in [0.05, 0.1) is 31.9 Å². The van der Waals surface area contributed by atoms with Crippen molar-refractivity contribution in [2.45, 2.75) is 38.3 Å². The standard InChI is InChI=1S/C19H32N4O2S.HI/c1-2-20-19(21-13-15-5-3-6-17(15)24)22-14-16(18-7-4-12-26-18)23-8-10-25-11-9-23;/h4,7,12,15-17,24H,2-3,5-6,8-11,13-14H2,1H3,(H2,20,21,22);1H. The van der Waals surface area contributed by atoms with Gasteiger partial charge in [-0.1, -0.05) is 12.5 Å². The average Bonchev–Trinajstić information content (AvgIpc) is 3.33. The van der Waals surface area contributed by atoms with Crippen LogP contribution >= 0.6 is 35.3 Å². The van der Waals surface area contributed by atoms with E-state index in [1.807, 2.05) is 0 Å². The second kappa shape index (κ2) is 12.2. The lowest BCUT2D eigenvalue weighted by Crippen LogP contribution is -2.43. The normalized spacial score (nSPS) is 25.0. The highest BCUT2D eigenvalue weighted by Crippen LogP contribution is 2.26. The summed E-state index contributed by atoms with van der Waals surface area (Å²) in [6, 6.07) is 4.61. The van der Waals surface area contributed by atoms with Crippen LogP contribution in [0.1, 0.15) is 37.1 Å². The number of ether oxygens (including phenoxy) is 1. The summed E-state index contributed by atoms with van der Waals surface area (Å²) in [4.78, 5) is 8.70. The molecule has 0 radical (unpaired) electrons. The van der Waals surface area contributed by atoms with Crippen LogP contribution < -0.4 is 10.6 Å². The van der Waals surface area contributed by atoms with E-state index in [4.69, 9.17) is 9.73 Å². The number of hydrogen-bond acceptors (Lipinski definition) is 5. The number of guanidine groups is 1. The Morgan fingerprint density at radius 3 is 2.81 bits per heavy atom. The molecule has 1 aromatic heterocycles. The number of nitrogens with zero attached hydrogens (tertiary/aromatic N) is 2.